The van der Waals surface area contributed by atoms with Gasteiger partial charge in [0.1, 0.15) is 6.29 Å². The van der Waals surface area contributed by atoms with Gasteiger partial charge < -0.3 is 0 Å². The minimum absolute atomic E-state index is 0.795. The van der Waals surface area contributed by atoms with E-state index < -0.39 is 0 Å². The molecule has 0 bridgehead atoms. The normalized spacial score (nSPS) is 10.2. The highest BCUT2D eigenvalue weighted by Gasteiger charge is 1.83. The minimum atomic E-state index is 0.795. The van der Waals surface area contributed by atoms with E-state index in [1.807, 2.05) is 36.4 Å². The van der Waals surface area contributed by atoms with Gasteiger partial charge in [0.25, 0.3) is 0 Å². The van der Waals surface area contributed by atoms with Crippen molar-refractivity contribution in [1.29, 1.82) is 0 Å². The Morgan fingerprint density at radius 2 is 1.91 bits per heavy atom. The molecule has 1 nitrogen and oxygen atoms in total. The first-order valence-corrected chi connectivity index (χ1v) is 3.57. The minimum Gasteiger partial charge on any atom is -0.299 e. The van der Waals surface area contributed by atoms with Crippen LogP contribution in [0.3, 0.4) is 0 Å². The van der Waals surface area contributed by atoms with Crippen molar-refractivity contribution in [2.75, 3.05) is 0 Å². The van der Waals surface area contributed by atoms with Gasteiger partial charge in [-0.3, -0.25) is 4.79 Å². The lowest BCUT2D eigenvalue weighted by Gasteiger charge is -1.91. The average Bonchev–Trinajstić information content (AvgIpc) is 2.07. The third-order valence-electron chi connectivity index (χ3n) is 1.41. The van der Waals surface area contributed by atoms with Crippen molar-refractivity contribution in [2.45, 2.75) is 6.42 Å². The average molecular weight is 146 g/mol. The fraction of sp³-hybridized carbons (Fsp3) is 0.100. The van der Waals surface area contributed by atoms with Gasteiger partial charge in [0, 0.05) is 0 Å². The van der Waals surface area contributed by atoms with Crippen molar-refractivity contribution in [3.63, 3.8) is 0 Å². The van der Waals surface area contributed by atoms with Gasteiger partial charge in [-0.05, 0) is 18.1 Å². The quantitative estimate of drug-likeness (QED) is 0.470. The van der Waals surface area contributed by atoms with Gasteiger partial charge in [-0.1, -0.05) is 36.4 Å². The highest BCUT2D eigenvalue weighted by Crippen LogP contribution is 1.99. The van der Waals surface area contributed by atoms with Crippen molar-refractivity contribution in [3.8, 4) is 0 Å². The van der Waals surface area contributed by atoms with Gasteiger partial charge in [0.15, 0.2) is 0 Å². The molecule has 1 aromatic carbocycles. The lowest BCUT2D eigenvalue weighted by Crippen LogP contribution is -1.77. The molecule has 1 heteroatoms. The number of carbonyl (C=O) groups excluding carboxylic acids is 1. The third-order valence-corrected chi connectivity index (χ3v) is 1.41. The van der Waals surface area contributed by atoms with Crippen molar-refractivity contribution < 1.29 is 4.79 Å². The van der Waals surface area contributed by atoms with Crippen molar-refractivity contribution >= 4 is 6.29 Å². The fourth-order valence-corrected chi connectivity index (χ4v) is 0.874. The van der Waals surface area contributed by atoms with E-state index in [1.54, 1.807) is 0 Å². The maximum Gasteiger partial charge on any atom is 0.142 e. The molecule has 0 unspecified atom stereocenters. The van der Waals surface area contributed by atoms with Gasteiger partial charge in [0.2, 0.25) is 0 Å². The molecule has 0 aliphatic rings. The Bertz CT molecular complexity index is 236. The summed E-state index contributed by atoms with van der Waals surface area (Å²) in [5, 5.41) is 0. The number of allylic oxidation sites excluding steroid dienone is 2. The predicted molar refractivity (Wildman–Crippen MR) is 45.4 cm³/mol. The molecule has 0 heterocycles. The van der Waals surface area contributed by atoms with Crippen molar-refractivity contribution in [3.05, 3.63) is 48.0 Å². The maximum atomic E-state index is 9.91. The van der Waals surface area contributed by atoms with E-state index in [0.29, 0.717) is 0 Å². The molecule has 0 spiro atoms. The zero-order valence-electron chi connectivity index (χ0n) is 6.23. The standard InChI is InChI=1S/C10H10O/c11-9-5-4-8-10-6-2-1-3-7-10/h1-7,9H,8H2/b5-4-. The molecule has 0 aliphatic heterocycles. The van der Waals surface area contributed by atoms with E-state index in [9.17, 15) is 4.79 Å². The molecule has 1 rings (SSSR count). The van der Waals surface area contributed by atoms with Crippen LogP contribution < -0.4 is 0 Å². The van der Waals surface area contributed by atoms with Gasteiger partial charge in [-0.15, -0.1) is 0 Å². The van der Waals surface area contributed by atoms with Crippen LogP contribution in [0.5, 0.6) is 0 Å². The Morgan fingerprint density at radius 3 is 2.55 bits per heavy atom. The first kappa shape index (κ1) is 7.73. The zero-order chi connectivity index (χ0) is 7.94. The number of hydrogen-bond donors (Lipinski definition) is 0. The highest BCUT2D eigenvalue weighted by molar-refractivity contribution is 5.64. The second kappa shape index (κ2) is 4.45. The van der Waals surface area contributed by atoms with Crippen LogP contribution in [0.25, 0.3) is 0 Å². The molecule has 0 N–H and O–H groups in total. The zero-order valence-corrected chi connectivity index (χ0v) is 6.23. The van der Waals surface area contributed by atoms with Crippen LogP contribution in [-0.4, -0.2) is 6.29 Å². The van der Waals surface area contributed by atoms with E-state index in [2.05, 4.69) is 0 Å². The fourth-order valence-electron chi connectivity index (χ4n) is 0.874. The molecule has 11 heavy (non-hydrogen) atoms. The monoisotopic (exact) mass is 146 g/mol. The van der Waals surface area contributed by atoms with Crippen LogP contribution in [0.4, 0.5) is 0 Å². The molecule has 0 aliphatic carbocycles. The smallest absolute Gasteiger partial charge is 0.142 e. The Morgan fingerprint density at radius 1 is 1.18 bits per heavy atom. The molecule has 0 radical (unpaired) electrons. The first-order chi connectivity index (χ1) is 5.43. The predicted octanol–water partition coefficient (Wildman–Crippen LogP) is 1.98. The van der Waals surface area contributed by atoms with Crippen LogP contribution in [0.15, 0.2) is 42.5 Å². The van der Waals surface area contributed by atoms with Gasteiger partial charge in [-0.2, -0.15) is 0 Å². The second-order valence-corrected chi connectivity index (χ2v) is 2.25. The van der Waals surface area contributed by atoms with E-state index in [-0.39, 0.29) is 0 Å². The van der Waals surface area contributed by atoms with E-state index in [1.165, 1.54) is 11.6 Å². The van der Waals surface area contributed by atoms with Crippen LogP contribution in [-0.2, 0) is 11.2 Å². The number of rotatable bonds is 3. The molecule has 0 atom stereocenters. The second-order valence-electron chi connectivity index (χ2n) is 2.25. The molecule has 0 saturated heterocycles. The SMILES string of the molecule is O=C/C=C\Cc1ccccc1. The number of aldehydes is 1. The number of hydrogen-bond acceptors (Lipinski definition) is 1. The lowest BCUT2D eigenvalue weighted by atomic mass is 10.1. The maximum absolute atomic E-state index is 9.91. The molecular formula is C10H10O. The Hall–Kier alpha value is -1.37. The molecule has 56 valence electrons. The van der Waals surface area contributed by atoms with Crippen LogP contribution in [0.1, 0.15) is 5.56 Å². The Kier molecular flexibility index (Phi) is 3.13. The summed E-state index contributed by atoms with van der Waals surface area (Å²) in [5.74, 6) is 0. The Balaban J connectivity index is 2.51. The summed E-state index contributed by atoms with van der Waals surface area (Å²) in [6.45, 7) is 0. The first-order valence-electron chi connectivity index (χ1n) is 3.57. The molecular weight excluding hydrogens is 136 g/mol. The van der Waals surface area contributed by atoms with Gasteiger partial charge in [-0.25, -0.2) is 0 Å². The van der Waals surface area contributed by atoms with E-state index in [4.69, 9.17) is 0 Å². The summed E-state index contributed by atoms with van der Waals surface area (Å²) < 4.78 is 0. The molecule has 0 amide bonds. The van der Waals surface area contributed by atoms with Crippen LogP contribution >= 0.6 is 0 Å². The lowest BCUT2D eigenvalue weighted by molar-refractivity contribution is -0.104. The highest BCUT2D eigenvalue weighted by atomic mass is 16.1. The van der Waals surface area contributed by atoms with Crippen molar-refractivity contribution in [1.82, 2.24) is 0 Å². The Labute approximate surface area is 66.4 Å². The summed E-state index contributed by atoms with van der Waals surface area (Å²) in [4.78, 5) is 9.91. The summed E-state index contributed by atoms with van der Waals surface area (Å²) in [7, 11) is 0. The molecule has 0 aromatic heterocycles. The number of benzene rings is 1. The van der Waals surface area contributed by atoms with E-state index in [0.717, 1.165) is 12.7 Å². The molecule has 0 saturated carbocycles. The van der Waals surface area contributed by atoms with Crippen LogP contribution in [0, 0.1) is 0 Å². The van der Waals surface area contributed by atoms with Gasteiger partial charge in [0.05, 0.1) is 0 Å². The summed E-state index contributed by atoms with van der Waals surface area (Å²) in [6, 6.07) is 10.0. The molecule has 1 aromatic rings. The largest absolute Gasteiger partial charge is 0.299 e. The third kappa shape index (κ3) is 2.80. The number of carbonyl (C=O) groups is 1. The van der Waals surface area contributed by atoms with Crippen LogP contribution in [0.2, 0.25) is 0 Å². The summed E-state index contributed by atoms with van der Waals surface area (Å²) in [6.07, 6.45) is 5.00. The van der Waals surface area contributed by atoms with Crippen molar-refractivity contribution in [2.24, 2.45) is 0 Å². The van der Waals surface area contributed by atoms with E-state index >= 15 is 0 Å². The summed E-state index contributed by atoms with van der Waals surface area (Å²) >= 11 is 0. The van der Waals surface area contributed by atoms with Gasteiger partial charge >= 0.3 is 0 Å². The summed E-state index contributed by atoms with van der Waals surface area (Å²) in [5.41, 5.74) is 1.23. The topological polar surface area (TPSA) is 17.1 Å². The molecule has 0 fully saturated rings.